The topological polar surface area (TPSA) is 52.6 Å². The van der Waals surface area contributed by atoms with Crippen LogP contribution >= 0.6 is 0 Å². The van der Waals surface area contributed by atoms with E-state index >= 15 is 0 Å². The van der Waals surface area contributed by atoms with E-state index in [-0.39, 0.29) is 6.61 Å². The van der Waals surface area contributed by atoms with Gasteiger partial charge in [0, 0.05) is 0 Å². The van der Waals surface area contributed by atoms with Crippen LogP contribution < -0.4 is 0 Å². The lowest BCUT2D eigenvalue weighted by Crippen LogP contribution is -2.18. The number of rotatable bonds is 11. The third kappa shape index (κ3) is 7.16. The average Bonchev–Trinajstić information content (AvgIpc) is 2.66. The highest BCUT2D eigenvalue weighted by atomic mass is 16.5. The number of carbonyl (C=O) groups excluding carboxylic acids is 2. The maximum Gasteiger partial charge on any atom is 0.339 e. The molecule has 4 heteroatoms. The fourth-order valence-electron chi connectivity index (χ4n) is 2.18. The van der Waals surface area contributed by atoms with Crippen molar-refractivity contribution in [3.05, 3.63) is 35.3 Å². The van der Waals surface area contributed by atoms with Crippen molar-refractivity contribution in [2.24, 2.45) is 0 Å². The lowest BCUT2D eigenvalue weighted by Gasteiger charge is -2.14. The second-order valence-corrected chi connectivity index (χ2v) is 5.80. The molecule has 0 spiro atoms. The van der Waals surface area contributed by atoms with Gasteiger partial charge in [-0.2, -0.15) is 0 Å². The van der Waals surface area contributed by atoms with Gasteiger partial charge in [0.2, 0.25) is 0 Å². The molecule has 0 saturated heterocycles. The standard InChI is InChI=1S/C20H30O4/c1-4-6-8-11-15-23-19(21)17-13-9-10-14-18(17)20(22)24-16(3)12-7-5-2/h9-10,13-14,16H,4-8,11-12,15H2,1-3H3/i9D,10D,13D,14D. The first-order valence-corrected chi connectivity index (χ1v) is 8.74. The van der Waals surface area contributed by atoms with E-state index in [9.17, 15) is 9.59 Å². The summed E-state index contributed by atoms with van der Waals surface area (Å²) in [6, 6.07) is -2.35. The SMILES string of the molecule is [2H]c1c([2H])c([2H])c(C(=O)OC(C)CCCC)c(C(=O)OCCCCCC)c1[2H]. The first-order valence-electron chi connectivity index (χ1n) is 10.7. The Balaban J connectivity index is 3.13. The summed E-state index contributed by atoms with van der Waals surface area (Å²) in [6.07, 6.45) is 5.58. The van der Waals surface area contributed by atoms with Crippen LogP contribution in [0.5, 0.6) is 0 Å². The van der Waals surface area contributed by atoms with Crippen LogP contribution in [0.3, 0.4) is 0 Å². The predicted molar refractivity (Wildman–Crippen MR) is 95.3 cm³/mol. The molecule has 0 radical (unpaired) electrons. The highest BCUT2D eigenvalue weighted by Gasteiger charge is 2.20. The number of unbranched alkanes of at least 4 members (excludes halogenated alkanes) is 4. The van der Waals surface area contributed by atoms with E-state index in [0.29, 0.717) is 12.8 Å². The van der Waals surface area contributed by atoms with Crippen molar-refractivity contribution in [3.8, 4) is 0 Å². The van der Waals surface area contributed by atoms with Gasteiger partial charge in [-0.1, -0.05) is 58.0 Å². The van der Waals surface area contributed by atoms with E-state index in [1.54, 1.807) is 6.92 Å². The van der Waals surface area contributed by atoms with E-state index in [0.717, 1.165) is 32.1 Å². The molecule has 0 aliphatic carbocycles. The van der Waals surface area contributed by atoms with Crippen molar-refractivity contribution in [3.63, 3.8) is 0 Å². The molecule has 1 unspecified atom stereocenters. The molecule has 0 heterocycles. The molecular formula is C20H30O4. The van der Waals surface area contributed by atoms with Gasteiger partial charge >= 0.3 is 11.9 Å². The molecule has 0 aliphatic heterocycles. The molecule has 24 heavy (non-hydrogen) atoms. The summed E-state index contributed by atoms with van der Waals surface area (Å²) in [5, 5.41) is 0. The second-order valence-electron chi connectivity index (χ2n) is 5.80. The van der Waals surface area contributed by atoms with E-state index in [2.05, 4.69) is 6.92 Å². The number of benzene rings is 1. The molecule has 0 saturated carbocycles. The molecule has 1 aromatic rings. The molecule has 134 valence electrons. The third-order valence-corrected chi connectivity index (χ3v) is 3.60. The van der Waals surface area contributed by atoms with E-state index in [1.165, 1.54) is 0 Å². The van der Waals surface area contributed by atoms with Crippen LogP contribution in [0.15, 0.2) is 24.2 Å². The smallest absolute Gasteiger partial charge is 0.339 e. The van der Waals surface area contributed by atoms with Crippen LogP contribution in [-0.2, 0) is 9.47 Å². The molecule has 1 atom stereocenters. The summed E-state index contributed by atoms with van der Waals surface area (Å²) >= 11 is 0. The molecule has 0 fully saturated rings. The Kier molecular flexibility index (Phi) is 7.04. The summed E-state index contributed by atoms with van der Waals surface area (Å²) in [4.78, 5) is 25.1. The van der Waals surface area contributed by atoms with Crippen molar-refractivity contribution >= 4 is 11.9 Å². The van der Waals surface area contributed by atoms with Gasteiger partial charge in [-0.3, -0.25) is 0 Å². The van der Waals surface area contributed by atoms with Crippen LogP contribution in [0, 0.1) is 0 Å². The average molecular weight is 338 g/mol. The Morgan fingerprint density at radius 2 is 1.62 bits per heavy atom. The van der Waals surface area contributed by atoms with E-state index in [4.69, 9.17) is 15.0 Å². The lowest BCUT2D eigenvalue weighted by atomic mass is 10.1. The van der Waals surface area contributed by atoms with Crippen molar-refractivity contribution < 1.29 is 24.5 Å². The number of hydrogen-bond acceptors (Lipinski definition) is 4. The molecular weight excluding hydrogens is 304 g/mol. The highest BCUT2D eigenvalue weighted by molar-refractivity contribution is 6.03. The molecule has 0 N–H and O–H groups in total. The predicted octanol–water partition coefficient (Wildman–Crippen LogP) is 5.16. The third-order valence-electron chi connectivity index (χ3n) is 3.60. The maximum atomic E-state index is 12.6. The summed E-state index contributed by atoms with van der Waals surface area (Å²) in [5.41, 5.74) is -0.929. The number of ether oxygens (including phenoxy) is 2. The lowest BCUT2D eigenvalue weighted by molar-refractivity contribution is 0.0308. The van der Waals surface area contributed by atoms with Crippen molar-refractivity contribution in [1.29, 1.82) is 0 Å². The van der Waals surface area contributed by atoms with Gasteiger partial charge in [-0.05, 0) is 31.9 Å². The Morgan fingerprint density at radius 3 is 2.25 bits per heavy atom. The molecule has 0 aromatic heterocycles. The fourth-order valence-corrected chi connectivity index (χ4v) is 2.18. The van der Waals surface area contributed by atoms with Gasteiger partial charge in [-0.25, -0.2) is 9.59 Å². The van der Waals surface area contributed by atoms with Gasteiger partial charge in [0.25, 0.3) is 0 Å². The van der Waals surface area contributed by atoms with Crippen molar-refractivity contribution in [2.75, 3.05) is 6.61 Å². The molecule has 1 aromatic carbocycles. The van der Waals surface area contributed by atoms with Crippen LogP contribution in [0.25, 0.3) is 0 Å². The minimum atomic E-state index is -0.937. The molecule has 0 bridgehead atoms. The Labute approximate surface area is 151 Å². The largest absolute Gasteiger partial charge is 0.462 e. The normalized spacial score (nSPS) is 14.1. The molecule has 0 aliphatic rings. The van der Waals surface area contributed by atoms with Crippen LogP contribution in [0.1, 0.15) is 91.9 Å². The molecule has 4 nitrogen and oxygen atoms in total. The zero-order valence-corrected chi connectivity index (χ0v) is 14.9. The Bertz CT molecular complexity index is 692. The highest BCUT2D eigenvalue weighted by Crippen LogP contribution is 2.15. The summed E-state index contributed by atoms with van der Waals surface area (Å²) in [6.45, 7) is 5.91. The first-order chi connectivity index (χ1) is 13.3. The van der Waals surface area contributed by atoms with Gasteiger partial charge in [-0.15, -0.1) is 0 Å². The minimum absolute atomic E-state index is 0.128. The number of esters is 2. The van der Waals surface area contributed by atoms with Crippen LogP contribution in [0.2, 0.25) is 0 Å². The summed E-state index contributed by atoms with van der Waals surface area (Å²) in [5.74, 6) is -1.87. The van der Waals surface area contributed by atoms with E-state index < -0.39 is 53.3 Å². The van der Waals surface area contributed by atoms with Crippen molar-refractivity contribution in [2.45, 2.75) is 71.8 Å². The molecule has 1 rings (SSSR count). The monoisotopic (exact) mass is 338 g/mol. The van der Waals surface area contributed by atoms with Gasteiger partial charge < -0.3 is 9.47 Å². The van der Waals surface area contributed by atoms with Crippen molar-refractivity contribution in [1.82, 2.24) is 0 Å². The zero-order chi connectivity index (χ0) is 21.3. The second kappa shape index (κ2) is 11.7. The number of carbonyl (C=O) groups is 2. The van der Waals surface area contributed by atoms with Crippen LogP contribution in [0.4, 0.5) is 0 Å². The van der Waals surface area contributed by atoms with Crippen LogP contribution in [-0.4, -0.2) is 24.6 Å². The van der Waals surface area contributed by atoms with Gasteiger partial charge in [0.1, 0.15) is 0 Å². The summed E-state index contributed by atoms with van der Waals surface area (Å²) < 4.78 is 42.2. The van der Waals surface area contributed by atoms with E-state index in [1.807, 2.05) is 6.92 Å². The zero-order valence-electron chi connectivity index (χ0n) is 18.9. The fraction of sp³-hybridized carbons (Fsp3) is 0.600. The van der Waals surface area contributed by atoms with Gasteiger partial charge in [0.15, 0.2) is 0 Å². The Morgan fingerprint density at radius 1 is 1.00 bits per heavy atom. The van der Waals surface area contributed by atoms with Gasteiger partial charge in [0.05, 0.1) is 29.3 Å². The minimum Gasteiger partial charge on any atom is -0.462 e. The number of hydrogen-bond donors (Lipinski definition) is 0. The Hall–Kier alpha value is -1.84. The molecule has 0 amide bonds. The summed E-state index contributed by atoms with van der Waals surface area (Å²) in [7, 11) is 0. The quantitative estimate of drug-likeness (QED) is 0.413. The maximum absolute atomic E-state index is 12.6. The first kappa shape index (κ1) is 14.5.